The molecule has 0 fully saturated rings. The molecule has 0 spiro atoms. The lowest BCUT2D eigenvalue weighted by Crippen LogP contribution is -1.96. The third-order valence-electron chi connectivity index (χ3n) is 4.55. The van der Waals surface area contributed by atoms with Crippen LogP contribution in [0.5, 0.6) is 5.75 Å². The van der Waals surface area contributed by atoms with E-state index in [1.54, 1.807) is 12.1 Å². The van der Waals surface area contributed by atoms with Crippen molar-refractivity contribution in [2.45, 2.75) is 26.2 Å². The van der Waals surface area contributed by atoms with Gasteiger partial charge >= 0.3 is 5.97 Å². The monoisotopic (exact) mass is 360 g/mol. The van der Waals surface area contributed by atoms with Crippen LogP contribution in [0.2, 0.25) is 0 Å². The average Bonchev–Trinajstić information content (AvgIpc) is 2.72. The Morgan fingerprint density at radius 3 is 1.63 bits per heavy atom. The highest BCUT2D eigenvalue weighted by molar-refractivity contribution is 5.88. The number of aromatic carboxylic acids is 1. The van der Waals surface area contributed by atoms with Crippen LogP contribution in [0.25, 0.3) is 22.3 Å². The summed E-state index contributed by atoms with van der Waals surface area (Å²) in [5.74, 6) is -0.000295. The van der Waals surface area contributed by atoms with E-state index in [-0.39, 0.29) is 0 Å². The Labute approximate surface area is 160 Å². The normalized spacial score (nSPS) is 10.6. The average molecular weight is 360 g/mol. The van der Waals surface area contributed by atoms with Crippen LogP contribution in [-0.2, 0) is 0 Å². The predicted octanol–water partition coefficient (Wildman–Crippen LogP) is 6.29. The van der Waals surface area contributed by atoms with Crippen molar-refractivity contribution in [1.82, 2.24) is 0 Å². The van der Waals surface area contributed by atoms with Crippen molar-refractivity contribution in [3.05, 3.63) is 78.4 Å². The lowest BCUT2D eigenvalue weighted by molar-refractivity contribution is 0.0697. The second-order valence-electron chi connectivity index (χ2n) is 6.54. The molecule has 0 amide bonds. The molecule has 3 aromatic rings. The molecule has 0 bridgehead atoms. The van der Waals surface area contributed by atoms with Crippen molar-refractivity contribution in [2.24, 2.45) is 0 Å². The molecule has 27 heavy (non-hydrogen) atoms. The molecule has 138 valence electrons. The fourth-order valence-electron chi connectivity index (χ4n) is 2.95. The zero-order valence-corrected chi connectivity index (χ0v) is 15.5. The van der Waals surface area contributed by atoms with Crippen LogP contribution in [0.15, 0.2) is 72.8 Å². The maximum atomic E-state index is 11.0. The van der Waals surface area contributed by atoms with Gasteiger partial charge in [0.15, 0.2) is 0 Å². The molecule has 3 aromatic carbocycles. The van der Waals surface area contributed by atoms with E-state index >= 15 is 0 Å². The fraction of sp³-hybridized carbons (Fsp3) is 0.208. The van der Waals surface area contributed by atoms with Crippen molar-refractivity contribution >= 4 is 5.97 Å². The molecule has 0 saturated heterocycles. The van der Waals surface area contributed by atoms with E-state index in [4.69, 9.17) is 9.84 Å². The number of carboxylic acid groups (broad SMARTS) is 1. The molecular weight excluding hydrogens is 336 g/mol. The number of hydrogen-bond acceptors (Lipinski definition) is 2. The molecule has 0 radical (unpaired) electrons. The van der Waals surface area contributed by atoms with Crippen LogP contribution in [0.3, 0.4) is 0 Å². The minimum Gasteiger partial charge on any atom is -0.494 e. The summed E-state index contributed by atoms with van der Waals surface area (Å²) in [5.41, 5.74) is 4.64. The van der Waals surface area contributed by atoms with Crippen molar-refractivity contribution in [3.8, 4) is 28.0 Å². The van der Waals surface area contributed by atoms with E-state index in [0.717, 1.165) is 41.0 Å². The standard InChI is InChI=1S/C24H24O3/c1-2-3-4-17-27-23-15-13-21(14-16-23)19-7-5-18(6-8-19)20-9-11-22(12-10-20)24(25)26/h5-16H,2-4,17H2,1H3,(H,25,26). The summed E-state index contributed by atoms with van der Waals surface area (Å²) in [6, 6.07) is 23.4. The van der Waals surface area contributed by atoms with Crippen molar-refractivity contribution in [2.75, 3.05) is 6.61 Å². The van der Waals surface area contributed by atoms with Gasteiger partial charge in [0.05, 0.1) is 12.2 Å². The first kappa shape index (κ1) is 18.7. The van der Waals surface area contributed by atoms with Crippen molar-refractivity contribution in [3.63, 3.8) is 0 Å². The van der Waals surface area contributed by atoms with E-state index < -0.39 is 5.97 Å². The van der Waals surface area contributed by atoms with Gasteiger partial charge in [-0.3, -0.25) is 0 Å². The summed E-state index contributed by atoms with van der Waals surface area (Å²) < 4.78 is 5.76. The van der Waals surface area contributed by atoms with Gasteiger partial charge in [0.1, 0.15) is 5.75 Å². The second-order valence-corrected chi connectivity index (χ2v) is 6.54. The first-order valence-corrected chi connectivity index (χ1v) is 9.34. The Kier molecular flexibility index (Phi) is 6.26. The van der Waals surface area contributed by atoms with E-state index in [9.17, 15) is 4.79 Å². The third kappa shape index (κ3) is 4.98. The summed E-state index contributed by atoms with van der Waals surface area (Å²) in [4.78, 5) is 11.0. The summed E-state index contributed by atoms with van der Waals surface area (Å²) in [6.45, 7) is 2.95. The number of rotatable bonds is 8. The van der Waals surface area contributed by atoms with Crippen LogP contribution in [0.4, 0.5) is 0 Å². The smallest absolute Gasteiger partial charge is 0.335 e. The summed E-state index contributed by atoms with van der Waals surface area (Å²) in [5, 5.41) is 8.99. The lowest BCUT2D eigenvalue weighted by Gasteiger charge is -2.08. The molecule has 0 atom stereocenters. The van der Waals surface area contributed by atoms with Gasteiger partial charge in [-0.15, -0.1) is 0 Å². The Hall–Kier alpha value is -3.07. The maximum Gasteiger partial charge on any atom is 0.335 e. The molecule has 3 heteroatoms. The minimum atomic E-state index is -0.908. The second kappa shape index (κ2) is 9.04. The van der Waals surface area contributed by atoms with Gasteiger partial charge < -0.3 is 9.84 Å². The number of carboxylic acids is 1. The largest absolute Gasteiger partial charge is 0.494 e. The Bertz CT molecular complexity index is 863. The molecule has 1 N–H and O–H groups in total. The van der Waals surface area contributed by atoms with Crippen LogP contribution in [0.1, 0.15) is 36.5 Å². The quantitative estimate of drug-likeness (QED) is 0.480. The minimum absolute atomic E-state index is 0.298. The number of ether oxygens (including phenoxy) is 1. The van der Waals surface area contributed by atoms with Gasteiger partial charge in [0.2, 0.25) is 0 Å². The molecule has 0 unspecified atom stereocenters. The first-order chi connectivity index (χ1) is 13.2. The predicted molar refractivity (Wildman–Crippen MR) is 109 cm³/mol. The van der Waals surface area contributed by atoms with Gasteiger partial charge in [0.25, 0.3) is 0 Å². The molecule has 0 saturated carbocycles. The third-order valence-corrected chi connectivity index (χ3v) is 4.55. The Morgan fingerprint density at radius 1 is 0.741 bits per heavy atom. The van der Waals surface area contributed by atoms with Crippen LogP contribution in [-0.4, -0.2) is 17.7 Å². The topological polar surface area (TPSA) is 46.5 Å². The van der Waals surface area contributed by atoms with E-state index in [2.05, 4.69) is 43.3 Å². The highest BCUT2D eigenvalue weighted by atomic mass is 16.5. The van der Waals surface area contributed by atoms with Gasteiger partial charge in [0, 0.05) is 0 Å². The van der Waals surface area contributed by atoms with E-state index in [0.29, 0.717) is 5.56 Å². The Balaban J connectivity index is 1.67. The van der Waals surface area contributed by atoms with Crippen molar-refractivity contribution < 1.29 is 14.6 Å². The van der Waals surface area contributed by atoms with Gasteiger partial charge in [-0.1, -0.05) is 68.3 Å². The summed E-state index contributed by atoms with van der Waals surface area (Å²) in [7, 11) is 0. The fourth-order valence-corrected chi connectivity index (χ4v) is 2.95. The van der Waals surface area contributed by atoms with E-state index in [1.807, 2.05) is 24.3 Å². The molecule has 0 aliphatic heterocycles. The molecule has 0 heterocycles. The van der Waals surface area contributed by atoms with Gasteiger partial charge in [-0.2, -0.15) is 0 Å². The highest BCUT2D eigenvalue weighted by Crippen LogP contribution is 2.26. The molecule has 0 aliphatic carbocycles. The number of hydrogen-bond donors (Lipinski definition) is 1. The molecular formula is C24H24O3. The zero-order valence-electron chi connectivity index (χ0n) is 15.5. The lowest BCUT2D eigenvalue weighted by atomic mass is 9.99. The highest BCUT2D eigenvalue weighted by Gasteiger charge is 2.04. The Morgan fingerprint density at radius 2 is 1.19 bits per heavy atom. The molecule has 3 nitrogen and oxygen atoms in total. The number of carbonyl (C=O) groups is 1. The maximum absolute atomic E-state index is 11.0. The van der Waals surface area contributed by atoms with Gasteiger partial charge in [-0.05, 0) is 52.9 Å². The molecule has 0 aromatic heterocycles. The summed E-state index contributed by atoms with van der Waals surface area (Å²) in [6.07, 6.45) is 3.48. The summed E-state index contributed by atoms with van der Waals surface area (Å²) >= 11 is 0. The first-order valence-electron chi connectivity index (χ1n) is 9.34. The number of unbranched alkanes of at least 4 members (excludes halogenated alkanes) is 2. The van der Waals surface area contributed by atoms with E-state index in [1.165, 1.54) is 12.8 Å². The van der Waals surface area contributed by atoms with Gasteiger partial charge in [-0.25, -0.2) is 4.79 Å². The molecule has 3 rings (SSSR count). The number of benzene rings is 3. The van der Waals surface area contributed by atoms with Crippen LogP contribution >= 0.6 is 0 Å². The zero-order chi connectivity index (χ0) is 19.1. The van der Waals surface area contributed by atoms with Crippen LogP contribution < -0.4 is 4.74 Å². The SMILES string of the molecule is CCCCCOc1ccc(-c2ccc(-c3ccc(C(=O)O)cc3)cc2)cc1. The van der Waals surface area contributed by atoms with Crippen LogP contribution in [0, 0.1) is 0 Å². The van der Waals surface area contributed by atoms with Crippen molar-refractivity contribution in [1.29, 1.82) is 0 Å². The molecule has 0 aliphatic rings.